The van der Waals surface area contributed by atoms with E-state index in [-0.39, 0.29) is 11.2 Å². The van der Waals surface area contributed by atoms with Gasteiger partial charge in [0.05, 0.1) is 0 Å². The Bertz CT molecular complexity index is 793. The minimum absolute atomic E-state index is 0.151. The van der Waals surface area contributed by atoms with Crippen molar-refractivity contribution >= 4 is 16.5 Å². The summed E-state index contributed by atoms with van der Waals surface area (Å²) in [5.74, 6) is 0. The van der Waals surface area contributed by atoms with Crippen LogP contribution in [0.1, 0.15) is 0 Å². The van der Waals surface area contributed by atoms with E-state index in [0.717, 1.165) is 16.3 Å². The fraction of sp³-hybridized carbons (Fsp3) is 0. The number of H-pyrrole nitrogens is 1. The molecule has 0 saturated carbocycles. The zero-order valence-electron chi connectivity index (χ0n) is 10.1. The van der Waals surface area contributed by atoms with E-state index in [1.807, 2.05) is 47.9 Å². The van der Waals surface area contributed by atoms with Crippen molar-refractivity contribution in [3.63, 3.8) is 0 Å². The molecule has 3 rings (SSSR count). The summed E-state index contributed by atoms with van der Waals surface area (Å²) in [5, 5.41) is 11.3. The highest BCUT2D eigenvalue weighted by atomic mass is 16.5. The Kier molecular flexibility index (Phi) is 2.78. The molecule has 94 valence electrons. The summed E-state index contributed by atoms with van der Waals surface area (Å²) in [4.78, 5) is 14.1. The van der Waals surface area contributed by atoms with Gasteiger partial charge in [0.1, 0.15) is 5.69 Å². The lowest BCUT2D eigenvalue weighted by molar-refractivity contribution is 0.388. The first kappa shape index (κ1) is 11.5. The second-order valence-corrected chi connectivity index (χ2v) is 4.27. The SMILES string of the molecule is O=c1[nH]ccc(-c2ccc3ccccc3c2)c1NO. The molecule has 0 bridgehead atoms. The van der Waals surface area contributed by atoms with Crippen molar-refractivity contribution in [1.29, 1.82) is 0 Å². The maximum Gasteiger partial charge on any atom is 0.274 e. The third-order valence-electron chi connectivity index (χ3n) is 3.13. The van der Waals surface area contributed by atoms with Crippen LogP contribution in [0, 0.1) is 0 Å². The first-order valence-corrected chi connectivity index (χ1v) is 5.90. The van der Waals surface area contributed by atoms with Gasteiger partial charge in [0.15, 0.2) is 0 Å². The summed E-state index contributed by atoms with van der Waals surface area (Å²) in [6, 6.07) is 15.7. The molecular weight excluding hydrogens is 240 g/mol. The molecule has 4 heteroatoms. The van der Waals surface area contributed by atoms with E-state index >= 15 is 0 Å². The first-order valence-electron chi connectivity index (χ1n) is 5.90. The van der Waals surface area contributed by atoms with E-state index in [1.165, 1.54) is 0 Å². The molecular formula is C15H12N2O2. The molecule has 0 unspecified atom stereocenters. The van der Waals surface area contributed by atoms with Gasteiger partial charge < -0.3 is 4.98 Å². The summed E-state index contributed by atoms with van der Waals surface area (Å²) in [7, 11) is 0. The number of nitrogens with one attached hydrogen (secondary N) is 2. The molecule has 0 fully saturated rings. The average Bonchev–Trinajstić information content (AvgIpc) is 2.46. The molecule has 0 spiro atoms. The van der Waals surface area contributed by atoms with Gasteiger partial charge in [0.25, 0.3) is 5.56 Å². The van der Waals surface area contributed by atoms with Crippen molar-refractivity contribution in [3.05, 3.63) is 65.1 Å². The fourth-order valence-electron chi connectivity index (χ4n) is 2.19. The van der Waals surface area contributed by atoms with Gasteiger partial charge >= 0.3 is 0 Å². The standard InChI is InChI=1S/C15H12N2O2/c18-15-14(17-19)13(7-8-16-15)12-6-5-10-3-1-2-4-11(10)9-12/h1-9,17,19H,(H,16,18). The maximum absolute atomic E-state index is 11.6. The Morgan fingerprint density at radius 3 is 2.58 bits per heavy atom. The largest absolute Gasteiger partial charge is 0.327 e. The van der Waals surface area contributed by atoms with E-state index in [0.29, 0.717) is 5.56 Å². The average molecular weight is 252 g/mol. The lowest BCUT2D eigenvalue weighted by atomic mass is 10.0. The topological polar surface area (TPSA) is 65.1 Å². The second kappa shape index (κ2) is 4.59. The number of aromatic amines is 1. The van der Waals surface area contributed by atoms with Crippen LogP contribution in [0.25, 0.3) is 21.9 Å². The number of hydrogen-bond donors (Lipinski definition) is 3. The molecule has 0 aliphatic carbocycles. The zero-order valence-corrected chi connectivity index (χ0v) is 10.1. The molecule has 0 atom stereocenters. The second-order valence-electron chi connectivity index (χ2n) is 4.27. The van der Waals surface area contributed by atoms with Crippen molar-refractivity contribution in [2.45, 2.75) is 0 Å². The van der Waals surface area contributed by atoms with Gasteiger partial charge in [-0.25, -0.2) is 0 Å². The van der Waals surface area contributed by atoms with Gasteiger partial charge in [0, 0.05) is 11.8 Å². The van der Waals surface area contributed by atoms with Crippen LogP contribution in [0.3, 0.4) is 0 Å². The van der Waals surface area contributed by atoms with E-state index in [2.05, 4.69) is 4.98 Å². The molecule has 0 radical (unpaired) electrons. The molecule has 0 saturated heterocycles. The van der Waals surface area contributed by atoms with E-state index in [9.17, 15) is 4.79 Å². The quantitative estimate of drug-likeness (QED) is 0.614. The number of fused-ring (bicyclic) bond motifs is 1. The third kappa shape index (κ3) is 1.98. The van der Waals surface area contributed by atoms with Crippen LogP contribution in [0.5, 0.6) is 0 Å². The van der Waals surface area contributed by atoms with Crippen molar-refractivity contribution in [1.82, 2.24) is 4.98 Å². The first-order chi connectivity index (χ1) is 9.29. The van der Waals surface area contributed by atoms with Crippen molar-refractivity contribution in [2.75, 3.05) is 5.48 Å². The molecule has 3 aromatic rings. The fourth-order valence-corrected chi connectivity index (χ4v) is 2.19. The number of rotatable bonds is 2. The third-order valence-corrected chi connectivity index (χ3v) is 3.13. The van der Waals surface area contributed by atoms with E-state index in [4.69, 9.17) is 5.21 Å². The van der Waals surface area contributed by atoms with Gasteiger partial charge in [-0.15, -0.1) is 0 Å². The van der Waals surface area contributed by atoms with Crippen molar-refractivity contribution in [3.8, 4) is 11.1 Å². The Morgan fingerprint density at radius 1 is 1.00 bits per heavy atom. The molecule has 1 aromatic heterocycles. The van der Waals surface area contributed by atoms with Crippen molar-refractivity contribution < 1.29 is 5.21 Å². The minimum atomic E-state index is -0.354. The predicted molar refractivity (Wildman–Crippen MR) is 75.4 cm³/mol. The Labute approximate surface area is 109 Å². The van der Waals surface area contributed by atoms with Crippen LogP contribution < -0.4 is 11.0 Å². The van der Waals surface area contributed by atoms with Crippen LogP contribution in [-0.4, -0.2) is 10.2 Å². The summed E-state index contributed by atoms with van der Waals surface area (Å²) < 4.78 is 0. The number of anilines is 1. The van der Waals surface area contributed by atoms with Gasteiger partial charge in [-0.1, -0.05) is 36.4 Å². The van der Waals surface area contributed by atoms with Gasteiger partial charge in [-0.3, -0.25) is 15.5 Å². The Balaban J connectivity index is 2.25. The van der Waals surface area contributed by atoms with Crippen LogP contribution in [0.15, 0.2) is 59.5 Å². The molecule has 1 heterocycles. The summed E-state index contributed by atoms with van der Waals surface area (Å²) >= 11 is 0. The number of pyridine rings is 1. The number of aromatic nitrogens is 1. The Morgan fingerprint density at radius 2 is 1.79 bits per heavy atom. The molecule has 0 aliphatic rings. The summed E-state index contributed by atoms with van der Waals surface area (Å²) in [6.45, 7) is 0. The molecule has 3 N–H and O–H groups in total. The highest BCUT2D eigenvalue weighted by Crippen LogP contribution is 2.27. The number of hydrogen-bond acceptors (Lipinski definition) is 3. The highest BCUT2D eigenvalue weighted by molar-refractivity contribution is 5.89. The molecule has 19 heavy (non-hydrogen) atoms. The zero-order chi connectivity index (χ0) is 13.2. The summed E-state index contributed by atoms with van der Waals surface area (Å²) in [5.41, 5.74) is 3.30. The maximum atomic E-state index is 11.6. The van der Waals surface area contributed by atoms with Gasteiger partial charge in [-0.05, 0) is 28.5 Å². The van der Waals surface area contributed by atoms with Crippen LogP contribution in [-0.2, 0) is 0 Å². The molecule has 2 aromatic carbocycles. The molecule has 0 amide bonds. The van der Waals surface area contributed by atoms with Crippen LogP contribution >= 0.6 is 0 Å². The highest BCUT2D eigenvalue weighted by Gasteiger charge is 2.08. The smallest absolute Gasteiger partial charge is 0.274 e. The van der Waals surface area contributed by atoms with Crippen LogP contribution in [0.2, 0.25) is 0 Å². The van der Waals surface area contributed by atoms with Crippen LogP contribution in [0.4, 0.5) is 5.69 Å². The molecule has 4 nitrogen and oxygen atoms in total. The Hall–Kier alpha value is -2.59. The predicted octanol–water partition coefficient (Wildman–Crippen LogP) is 3.00. The van der Waals surface area contributed by atoms with Gasteiger partial charge in [0.2, 0.25) is 0 Å². The lowest BCUT2D eigenvalue weighted by Gasteiger charge is -2.08. The van der Waals surface area contributed by atoms with Gasteiger partial charge in [-0.2, -0.15) is 0 Å². The minimum Gasteiger partial charge on any atom is -0.327 e. The summed E-state index contributed by atoms with van der Waals surface area (Å²) in [6.07, 6.45) is 1.56. The van der Waals surface area contributed by atoms with E-state index < -0.39 is 0 Å². The normalized spacial score (nSPS) is 10.6. The van der Waals surface area contributed by atoms with E-state index in [1.54, 1.807) is 12.3 Å². The molecule has 0 aliphatic heterocycles. The number of benzene rings is 2. The van der Waals surface area contributed by atoms with Crippen molar-refractivity contribution in [2.24, 2.45) is 0 Å². The monoisotopic (exact) mass is 252 g/mol. The lowest BCUT2D eigenvalue weighted by Crippen LogP contribution is -2.12.